The number of ether oxygens (including phenoxy) is 1. The first-order valence-corrected chi connectivity index (χ1v) is 9.92. The van der Waals surface area contributed by atoms with E-state index in [9.17, 15) is 0 Å². The maximum absolute atomic E-state index is 5.84. The Hall–Kier alpha value is -0.0400. The molecule has 0 saturated heterocycles. The standard InChI is InChI=1S/C20H42O/c1-4-6-8-9-10-11-12-13-14-15-16-18-20(3)21-19-17-7-5-2/h20H,4-19H2,1-3H3. The molecule has 1 heteroatoms. The van der Waals surface area contributed by atoms with Gasteiger partial charge in [-0.1, -0.05) is 97.3 Å². The summed E-state index contributed by atoms with van der Waals surface area (Å²) in [6, 6.07) is 0. The largest absolute Gasteiger partial charge is 0.379 e. The molecule has 1 atom stereocenters. The van der Waals surface area contributed by atoms with Crippen molar-refractivity contribution in [3.63, 3.8) is 0 Å². The Balaban J connectivity index is 3.07. The molecule has 0 aromatic rings. The fourth-order valence-corrected chi connectivity index (χ4v) is 2.82. The highest BCUT2D eigenvalue weighted by atomic mass is 16.5. The van der Waals surface area contributed by atoms with Crippen molar-refractivity contribution in [2.24, 2.45) is 0 Å². The van der Waals surface area contributed by atoms with Gasteiger partial charge in [-0.2, -0.15) is 0 Å². The lowest BCUT2D eigenvalue weighted by Gasteiger charge is -2.12. The Morgan fingerprint density at radius 2 is 1.00 bits per heavy atom. The molecule has 0 N–H and O–H groups in total. The number of rotatable bonds is 17. The molecule has 0 spiro atoms. The van der Waals surface area contributed by atoms with Gasteiger partial charge in [0.1, 0.15) is 0 Å². The summed E-state index contributed by atoms with van der Waals surface area (Å²) in [6.07, 6.45) is 21.3. The normalized spacial score (nSPS) is 12.7. The lowest BCUT2D eigenvalue weighted by molar-refractivity contribution is 0.0559. The van der Waals surface area contributed by atoms with Crippen LogP contribution in [-0.4, -0.2) is 12.7 Å². The van der Waals surface area contributed by atoms with E-state index in [2.05, 4.69) is 20.8 Å². The van der Waals surface area contributed by atoms with Gasteiger partial charge in [-0.25, -0.2) is 0 Å². The monoisotopic (exact) mass is 298 g/mol. The van der Waals surface area contributed by atoms with Crippen LogP contribution in [0.15, 0.2) is 0 Å². The van der Waals surface area contributed by atoms with Gasteiger partial charge in [-0.3, -0.25) is 0 Å². The maximum atomic E-state index is 5.84. The van der Waals surface area contributed by atoms with Crippen molar-refractivity contribution in [2.75, 3.05) is 6.61 Å². The first kappa shape index (κ1) is 21.0. The molecule has 0 saturated carbocycles. The first-order chi connectivity index (χ1) is 10.3. The van der Waals surface area contributed by atoms with E-state index in [4.69, 9.17) is 4.74 Å². The Bertz CT molecular complexity index is 179. The molecule has 0 aliphatic rings. The summed E-state index contributed by atoms with van der Waals surface area (Å²) < 4.78 is 5.84. The topological polar surface area (TPSA) is 9.23 Å². The lowest BCUT2D eigenvalue weighted by atomic mass is 10.0. The van der Waals surface area contributed by atoms with Gasteiger partial charge in [0, 0.05) is 6.61 Å². The highest BCUT2D eigenvalue weighted by Gasteiger charge is 2.01. The Labute approximate surface area is 135 Å². The van der Waals surface area contributed by atoms with Crippen LogP contribution in [0.5, 0.6) is 0 Å². The molecule has 0 amide bonds. The Kier molecular flexibility index (Phi) is 18.0. The minimum absolute atomic E-state index is 0.473. The molecule has 21 heavy (non-hydrogen) atoms. The van der Waals surface area contributed by atoms with E-state index < -0.39 is 0 Å². The first-order valence-electron chi connectivity index (χ1n) is 9.92. The Morgan fingerprint density at radius 1 is 0.571 bits per heavy atom. The lowest BCUT2D eigenvalue weighted by Crippen LogP contribution is -2.09. The van der Waals surface area contributed by atoms with E-state index >= 15 is 0 Å². The second-order valence-corrected chi connectivity index (χ2v) is 6.71. The predicted octanol–water partition coefficient (Wildman–Crippen LogP) is 7.28. The van der Waals surface area contributed by atoms with Gasteiger partial charge >= 0.3 is 0 Å². The molecule has 0 aromatic carbocycles. The minimum Gasteiger partial charge on any atom is -0.379 e. The fraction of sp³-hybridized carbons (Fsp3) is 1.00. The van der Waals surface area contributed by atoms with Crippen LogP contribution in [0, 0.1) is 0 Å². The molecule has 1 nitrogen and oxygen atoms in total. The van der Waals surface area contributed by atoms with E-state index in [1.165, 1.54) is 96.3 Å². The summed E-state index contributed by atoms with van der Waals surface area (Å²) in [5, 5.41) is 0. The van der Waals surface area contributed by atoms with Gasteiger partial charge in [0.15, 0.2) is 0 Å². The second kappa shape index (κ2) is 18.0. The van der Waals surface area contributed by atoms with E-state index in [-0.39, 0.29) is 0 Å². The molecule has 0 aliphatic heterocycles. The van der Waals surface area contributed by atoms with Crippen LogP contribution in [0.25, 0.3) is 0 Å². The van der Waals surface area contributed by atoms with Gasteiger partial charge in [-0.05, 0) is 19.8 Å². The Morgan fingerprint density at radius 3 is 1.52 bits per heavy atom. The van der Waals surface area contributed by atoms with Crippen molar-refractivity contribution in [3.8, 4) is 0 Å². The van der Waals surface area contributed by atoms with Gasteiger partial charge in [0.25, 0.3) is 0 Å². The molecule has 0 radical (unpaired) electrons. The van der Waals surface area contributed by atoms with Gasteiger partial charge in [0.05, 0.1) is 6.10 Å². The number of unbranched alkanes of at least 4 members (excludes halogenated alkanes) is 12. The molecule has 0 aromatic heterocycles. The fourth-order valence-electron chi connectivity index (χ4n) is 2.82. The van der Waals surface area contributed by atoms with Crippen molar-refractivity contribution in [2.45, 2.75) is 123 Å². The molecule has 0 aliphatic carbocycles. The molecule has 0 bridgehead atoms. The van der Waals surface area contributed by atoms with Gasteiger partial charge in [-0.15, -0.1) is 0 Å². The summed E-state index contributed by atoms with van der Waals surface area (Å²) in [5.74, 6) is 0. The average Bonchev–Trinajstić information content (AvgIpc) is 2.49. The third-order valence-electron chi connectivity index (χ3n) is 4.36. The van der Waals surface area contributed by atoms with Crippen LogP contribution in [0.4, 0.5) is 0 Å². The van der Waals surface area contributed by atoms with Crippen LogP contribution < -0.4 is 0 Å². The predicted molar refractivity (Wildman–Crippen MR) is 96.0 cm³/mol. The van der Waals surface area contributed by atoms with E-state index in [0.29, 0.717) is 6.10 Å². The maximum Gasteiger partial charge on any atom is 0.0547 e. The SMILES string of the molecule is CCCCCCCCCCCCCC(C)OCCCCC. The van der Waals surface area contributed by atoms with Crippen LogP contribution in [-0.2, 0) is 4.74 Å². The van der Waals surface area contributed by atoms with E-state index in [1.807, 2.05) is 0 Å². The number of hydrogen-bond donors (Lipinski definition) is 0. The zero-order valence-corrected chi connectivity index (χ0v) is 15.3. The van der Waals surface area contributed by atoms with Crippen molar-refractivity contribution in [1.82, 2.24) is 0 Å². The van der Waals surface area contributed by atoms with E-state index in [1.54, 1.807) is 0 Å². The molecule has 1 unspecified atom stereocenters. The van der Waals surface area contributed by atoms with Crippen molar-refractivity contribution < 1.29 is 4.74 Å². The van der Waals surface area contributed by atoms with Gasteiger partial charge < -0.3 is 4.74 Å². The molecule has 0 fully saturated rings. The molecule has 128 valence electrons. The van der Waals surface area contributed by atoms with E-state index in [0.717, 1.165) is 6.61 Å². The molecular formula is C20H42O. The van der Waals surface area contributed by atoms with Gasteiger partial charge in [0.2, 0.25) is 0 Å². The van der Waals surface area contributed by atoms with Crippen LogP contribution in [0.1, 0.15) is 117 Å². The van der Waals surface area contributed by atoms with Crippen LogP contribution in [0.3, 0.4) is 0 Å². The third kappa shape index (κ3) is 17.9. The zero-order valence-electron chi connectivity index (χ0n) is 15.3. The average molecular weight is 299 g/mol. The van der Waals surface area contributed by atoms with Crippen molar-refractivity contribution in [1.29, 1.82) is 0 Å². The quantitative estimate of drug-likeness (QED) is 0.256. The highest BCUT2D eigenvalue weighted by molar-refractivity contribution is 4.53. The molecule has 0 heterocycles. The summed E-state index contributed by atoms with van der Waals surface area (Å²) >= 11 is 0. The summed E-state index contributed by atoms with van der Waals surface area (Å²) in [4.78, 5) is 0. The van der Waals surface area contributed by atoms with Crippen LogP contribution in [0.2, 0.25) is 0 Å². The van der Waals surface area contributed by atoms with Crippen molar-refractivity contribution >= 4 is 0 Å². The number of hydrogen-bond acceptors (Lipinski definition) is 1. The van der Waals surface area contributed by atoms with Crippen molar-refractivity contribution in [3.05, 3.63) is 0 Å². The second-order valence-electron chi connectivity index (χ2n) is 6.71. The third-order valence-corrected chi connectivity index (χ3v) is 4.36. The summed E-state index contributed by atoms with van der Waals surface area (Å²) in [6.45, 7) is 7.74. The highest BCUT2D eigenvalue weighted by Crippen LogP contribution is 2.13. The summed E-state index contributed by atoms with van der Waals surface area (Å²) in [7, 11) is 0. The smallest absolute Gasteiger partial charge is 0.0547 e. The molecular weight excluding hydrogens is 256 g/mol. The van der Waals surface area contributed by atoms with Crippen LogP contribution >= 0.6 is 0 Å². The zero-order chi connectivity index (χ0) is 15.6. The minimum atomic E-state index is 0.473. The summed E-state index contributed by atoms with van der Waals surface area (Å²) in [5.41, 5.74) is 0. The molecule has 0 rings (SSSR count).